The molecule has 0 fully saturated rings. The van der Waals surface area contributed by atoms with Gasteiger partial charge in [0.05, 0.1) is 6.26 Å². The summed E-state index contributed by atoms with van der Waals surface area (Å²) in [5, 5.41) is 11.6. The summed E-state index contributed by atoms with van der Waals surface area (Å²) in [7, 11) is 0. The van der Waals surface area contributed by atoms with E-state index in [0.29, 0.717) is 6.42 Å². The zero-order chi connectivity index (χ0) is 14.5. The minimum Gasteiger partial charge on any atom is -0.477 e. The summed E-state index contributed by atoms with van der Waals surface area (Å²) in [6.07, 6.45) is 3.44. The van der Waals surface area contributed by atoms with Crippen molar-refractivity contribution in [2.24, 2.45) is 0 Å². The maximum atomic E-state index is 12.0. The number of carbonyl (C=O) groups is 2. The molecule has 0 aromatic carbocycles. The molecule has 104 valence electrons. The van der Waals surface area contributed by atoms with E-state index in [9.17, 15) is 9.59 Å². The summed E-state index contributed by atoms with van der Waals surface area (Å²) >= 11 is 0. The average Bonchev–Trinajstić information content (AvgIpc) is 2.91. The van der Waals surface area contributed by atoms with Crippen LogP contribution in [0.3, 0.4) is 0 Å². The third kappa shape index (κ3) is 3.44. The van der Waals surface area contributed by atoms with Gasteiger partial charge >= 0.3 is 5.97 Å². The molecular formula is C14H14N2O4. The molecule has 0 aliphatic rings. The summed E-state index contributed by atoms with van der Waals surface area (Å²) in [6.45, 7) is 1.85. The Morgan fingerprint density at radius 3 is 2.90 bits per heavy atom. The molecule has 2 aromatic heterocycles. The van der Waals surface area contributed by atoms with Crippen molar-refractivity contribution in [2.75, 3.05) is 0 Å². The number of rotatable bonds is 5. The van der Waals surface area contributed by atoms with E-state index in [-0.39, 0.29) is 23.2 Å². The number of hydrogen-bond donors (Lipinski definition) is 2. The molecule has 1 atom stereocenters. The number of pyridine rings is 1. The molecule has 2 N–H and O–H groups in total. The van der Waals surface area contributed by atoms with E-state index in [0.717, 1.165) is 5.76 Å². The molecule has 0 saturated heterocycles. The van der Waals surface area contributed by atoms with E-state index in [1.807, 2.05) is 13.0 Å². The number of carboxylic acids is 1. The van der Waals surface area contributed by atoms with Crippen LogP contribution in [-0.4, -0.2) is 28.0 Å². The van der Waals surface area contributed by atoms with Crippen LogP contribution in [0.5, 0.6) is 0 Å². The lowest BCUT2D eigenvalue weighted by molar-refractivity contribution is 0.0690. The first kappa shape index (κ1) is 13.8. The van der Waals surface area contributed by atoms with Crippen LogP contribution < -0.4 is 5.32 Å². The predicted octanol–water partition coefficient (Wildman–Crippen LogP) is 1.73. The Morgan fingerprint density at radius 1 is 1.45 bits per heavy atom. The summed E-state index contributed by atoms with van der Waals surface area (Å²) in [6, 6.07) is 6.21. The van der Waals surface area contributed by atoms with Crippen molar-refractivity contribution >= 4 is 11.9 Å². The zero-order valence-electron chi connectivity index (χ0n) is 10.9. The second-order valence-electron chi connectivity index (χ2n) is 4.39. The molecule has 1 amide bonds. The maximum absolute atomic E-state index is 12.0. The van der Waals surface area contributed by atoms with Gasteiger partial charge in [-0.1, -0.05) is 0 Å². The Labute approximate surface area is 115 Å². The van der Waals surface area contributed by atoms with Crippen LogP contribution in [0.1, 0.15) is 33.5 Å². The van der Waals surface area contributed by atoms with Gasteiger partial charge in [-0.2, -0.15) is 0 Å². The van der Waals surface area contributed by atoms with Crippen LogP contribution in [-0.2, 0) is 6.42 Å². The Balaban J connectivity index is 2.00. The van der Waals surface area contributed by atoms with Crippen molar-refractivity contribution in [3.8, 4) is 0 Å². The molecule has 0 bridgehead atoms. The number of hydrogen-bond acceptors (Lipinski definition) is 4. The number of carboxylic acid groups (broad SMARTS) is 1. The van der Waals surface area contributed by atoms with Gasteiger partial charge in [0.25, 0.3) is 5.91 Å². The second kappa shape index (κ2) is 6.01. The Morgan fingerprint density at radius 2 is 2.25 bits per heavy atom. The lowest BCUT2D eigenvalue weighted by Crippen LogP contribution is -2.34. The zero-order valence-corrected chi connectivity index (χ0v) is 10.9. The minimum atomic E-state index is -1.16. The number of amides is 1. The predicted molar refractivity (Wildman–Crippen MR) is 70.5 cm³/mol. The monoisotopic (exact) mass is 274 g/mol. The molecule has 6 heteroatoms. The summed E-state index contributed by atoms with van der Waals surface area (Å²) in [5.41, 5.74) is 0.111. The van der Waals surface area contributed by atoms with Crippen LogP contribution in [0.4, 0.5) is 0 Å². The fourth-order valence-corrected chi connectivity index (χ4v) is 1.78. The van der Waals surface area contributed by atoms with Gasteiger partial charge in [-0.25, -0.2) is 9.78 Å². The number of nitrogens with one attached hydrogen (secondary N) is 1. The fraction of sp³-hybridized carbons (Fsp3) is 0.214. The van der Waals surface area contributed by atoms with Crippen LogP contribution in [0, 0.1) is 0 Å². The Hall–Kier alpha value is -2.63. The summed E-state index contributed by atoms with van der Waals surface area (Å²) < 4.78 is 5.20. The summed E-state index contributed by atoms with van der Waals surface area (Å²) in [4.78, 5) is 26.5. The molecule has 0 aliphatic heterocycles. The van der Waals surface area contributed by atoms with E-state index in [4.69, 9.17) is 9.52 Å². The van der Waals surface area contributed by atoms with Gasteiger partial charge in [0, 0.05) is 24.2 Å². The van der Waals surface area contributed by atoms with Crippen molar-refractivity contribution in [3.63, 3.8) is 0 Å². The van der Waals surface area contributed by atoms with E-state index < -0.39 is 5.97 Å². The van der Waals surface area contributed by atoms with Gasteiger partial charge in [0.1, 0.15) is 11.5 Å². The lowest BCUT2D eigenvalue weighted by atomic mass is 10.1. The highest BCUT2D eigenvalue weighted by atomic mass is 16.4. The molecule has 2 heterocycles. The van der Waals surface area contributed by atoms with Crippen molar-refractivity contribution in [2.45, 2.75) is 19.4 Å². The molecule has 0 spiro atoms. The third-order valence-electron chi connectivity index (χ3n) is 2.71. The smallest absolute Gasteiger partial charge is 0.354 e. The lowest BCUT2D eigenvalue weighted by Gasteiger charge is -2.12. The molecule has 0 radical (unpaired) electrons. The van der Waals surface area contributed by atoms with Gasteiger partial charge in [-0.05, 0) is 31.2 Å². The number of aromatic nitrogens is 1. The fourth-order valence-electron chi connectivity index (χ4n) is 1.78. The number of carbonyl (C=O) groups excluding carboxylic acids is 1. The molecule has 2 rings (SSSR count). The standard InChI is InChI=1S/C14H14N2O4/c1-9(7-11-3-2-6-20-11)16-13(17)10-4-5-15-12(8-10)14(18)19/h2-6,8-9H,7H2,1H3,(H,16,17)(H,18,19). The number of nitrogens with zero attached hydrogens (tertiary/aromatic N) is 1. The molecular weight excluding hydrogens is 260 g/mol. The van der Waals surface area contributed by atoms with Crippen molar-refractivity contribution in [1.29, 1.82) is 0 Å². The van der Waals surface area contributed by atoms with Gasteiger partial charge in [-0.15, -0.1) is 0 Å². The quantitative estimate of drug-likeness (QED) is 0.866. The number of aromatic carboxylic acids is 1. The van der Waals surface area contributed by atoms with E-state index >= 15 is 0 Å². The highest BCUT2D eigenvalue weighted by molar-refractivity contribution is 5.96. The molecule has 0 saturated carbocycles. The van der Waals surface area contributed by atoms with Gasteiger partial charge in [0.15, 0.2) is 0 Å². The number of furan rings is 1. The second-order valence-corrected chi connectivity index (χ2v) is 4.39. The third-order valence-corrected chi connectivity index (χ3v) is 2.71. The summed E-state index contributed by atoms with van der Waals surface area (Å²) in [5.74, 6) is -0.726. The first-order valence-electron chi connectivity index (χ1n) is 6.09. The molecule has 20 heavy (non-hydrogen) atoms. The normalized spacial score (nSPS) is 11.8. The SMILES string of the molecule is CC(Cc1ccco1)NC(=O)c1ccnc(C(=O)O)c1. The topological polar surface area (TPSA) is 92.4 Å². The van der Waals surface area contributed by atoms with Crippen LogP contribution >= 0.6 is 0 Å². The van der Waals surface area contributed by atoms with Gasteiger partial charge in [0.2, 0.25) is 0 Å². The van der Waals surface area contributed by atoms with E-state index in [1.54, 1.807) is 12.3 Å². The van der Waals surface area contributed by atoms with Crippen molar-refractivity contribution < 1.29 is 19.1 Å². The first-order valence-corrected chi connectivity index (χ1v) is 6.09. The van der Waals surface area contributed by atoms with Crippen LogP contribution in [0.25, 0.3) is 0 Å². The molecule has 6 nitrogen and oxygen atoms in total. The average molecular weight is 274 g/mol. The molecule has 0 aliphatic carbocycles. The van der Waals surface area contributed by atoms with Crippen LogP contribution in [0.15, 0.2) is 41.1 Å². The van der Waals surface area contributed by atoms with Crippen molar-refractivity contribution in [3.05, 3.63) is 53.7 Å². The molecule has 1 unspecified atom stereocenters. The van der Waals surface area contributed by atoms with E-state index in [2.05, 4.69) is 10.3 Å². The largest absolute Gasteiger partial charge is 0.477 e. The van der Waals surface area contributed by atoms with Crippen molar-refractivity contribution in [1.82, 2.24) is 10.3 Å². The maximum Gasteiger partial charge on any atom is 0.354 e. The first-order chi connectivity index (χ1) is 9.56. The minimum absolute atomic E-state index is 0.130. The highest BCUT2D eigenvalue weighted by Crippen LogP contribution is 2.06. The van der Waals surface area contributed by atoms with Crippen LogP contribution in [0.2, 0.25) is 0 Å². The van der Waals surface area contributed by atoms with E-state index in [1.165, 1.54) is 18.3 Å². The Kier molecular flexibility index (Phi) is 4.14. The van der Waals surface area contributed by atoms with Gasteiger partial charge < -0.3 is 14.8 Å². The van der Waals surface area contributed by atoms with Gasteiger partial charge in [-0.3, -0.25) is 4.79 Å². The highest BCUT2D eigenvalue weighted by Gasteiger charge is 2.13. The molecule has 2 aromatic rings. The Bertz CT molecular complexity index is 607.